The predicted octanol–water partition coefficient (Wildman–Crippen LogP) is 0.558. The van der Waals surface area contributed by atoms with Gasteiger partial charge in [0.05, 0.1) is 18.4 Å². The van der Waals surface area contributed by atoms with Crippen molar-refractivity contribution in [3.8, 4) is 0 Å². The van der Waals surface area contributed by atoms with Crippen molar-refractivity contribution in [2.75, 3.05) is 25.4 Å². The van der Waals surface area contributed by atoms with Crippen LogP contribution in [0, 0.1) is 0 Å². The second-order valence-corrected chi connectivity index (χ2v) is 4.24. The molecule has 0 fully saturated rings. The van der Waals surface area contributed by atoms with Gasteiger partial charge >= 0.3 is 0 Å². The van der Waals surface area contributed by atoms with E-state index in [1.807, 2.05) is 10.9 Å². The third-order valence-corrected chi connectivity index (χ3v) is 2.60. The number of hydrogen-bond acceptors (Lipinski definition) is 4. The summed E-state index contributed by atoms with van der Waals surface area (Å²) in [5.41, 5.74) is 6.30. The van der Waals surface area contributed by atoms with Gasteiger partial charge in [0.1, 0.15) is 0 Å². The van der Waals surface area contributed by atoms with Crippen LogP contribution in [0.2, 0.25) is 0 Å². The Morgan fingerprint density at radius 3 is 2.75 bits per heavy atom. The maximum Gasteiger partial charge on any atom is 0.0719 e. The van der Waals surface area contributed by atoms with E-state index in [0.717, 1.165) is 26.1 Å². The summed E-state index contributed by atoms with van der Waals surface area (Å²) < 4.78 is 1.85. The van der Waals surface area contributed by atoms with Gasteiger partial charge < -0.3 is 10.8 Å². The van der Waals surface area contributed by atoms with Gasteiger partial charge in [0.2, 0.25) is 0 Å². The minimum absolute atomic E-state index is 0.248. The topological polar surface area (TPSA) is 67.3 Å². The molecule has 0 saturated carbocycles. The third-order valence-electron chi connectivity index (χ3n) is 2.60. The zero-order valence-corrected chi connectivity index (χ0v) is 10.1. The monoisotopic (exact) mass is 226 g/mol. The Bertz CT molecular complexity index is 298. The van der Waals surface area contributed by atoms with Crippen LogP contribution in [0.25, 0.3) is 0 Å². The van der Waals surface area contributed by atoms with Crippen LogP contribution in [0.4, 0.5) is 5.69 Å². The molecule has 1 aromatic heterocycles. The predicted molar refractivity (Wildman–Crippen MR) is 65.1 cm³/mol. The summed E-state index contributed by atoms with van der Waals surface area (Å²) >= 11 is 0. The molecular formula is C11H22N4O. The molecule has 1 aromatic rings. The Kier molecular flexibility index (Phi) is 5.28. The molecule has 0 aliphatic carbocycles. The van der Waals surface area contributed by atoms with Crippen molar-refractivity contribution in [1.82, 2.24) is 14.7 Å². The highest BCUT2D eigenvalue weighted by Crippen LogP contribution is 2.02. The van der Waals surface area contributed by atoms with Crippen LogP contribution in [0.1, 0.15) is 20.3 Å². The molecule has 5 heteroatoms. The quantitative estimate of drug-likeness (QED) is 0.713. The number of anilines is 1. The van der Waals surface area contributed by atoms with Crippen LogP contribution < -0.4 is 5.73 Å². The van der Waals surface area contributed by atoms with E-state index in [9.17, 15) is 0 Å². The lowest BCUT2D eigenvalue weighted by atomic mass is 10.3. The number of nitrogens with two attached hydrogens (primary N) is 1. The van der Waals surface area contributed by atoms with Crippen LogP contribution in [-0.4, -0.2) is 45.5 Å². The van der Waals surface area contributed by atoms with Gasteiger partial charge in [0.25, 0.3) is 0 Å². The molecule has 0 aromatic carbocycles. The standard InChI is InChI=1S/C11H22N4O/c1-10(2)14(4-3-7-16)5-6-15-9-11(12)8-13-15/h8-10,16H,3-7,12H2,1-2H3. The number of aromatic nitrogens is 2. The van der Waals surface area contributed by atoms with Gasteiger partial charge in [0, 0.05) is 31.9 Å². The summed E-state index contributed by atoms with van der Waals surface area (Å²) in [6.07, 6.45) is 4.32. The van der Waals surface area contributed by atoms with Crippen LogP contribution in [0.15, 0.2) is 12.4 Å². The second-order valence-electron chi connectivity index (χ2n) is 4.24. The molecule has 0 spiro atoms. The molecule has 0 bridgehead atoms. The molecular weight excluding hydrogens is 204 g/mol. The number of nitrogens with zero attached hydrogens (tertiary/aromatic N) is 3. The number of aliphatic hydroxyl groups is 1. The average molecular weight is 226 g/mol. The lowest BCUT2D eigenvalue weighted by Gasteiger charge is -2.25. The van der Waals surface area contributed by atoms with E-state index < -0.39 is 0 Å². The van der Waals surface area contributed by atoms with Crippen LogP contribution in [0.5, 0.6) is 0 Å². The second kappa shape index (κ2) is 6.50. The molecule has 0 amide bonds. The molecule has 92 valence electrons. The minimum Gasteiger partial charge on any atom is -0.396 e. The highest BCUT2D eigenvalue weighted by molar-refractivity contribution is 5.30. The number of hydrogen-bond donors (Lipinski definition) is 2. The fraction of sp³-hybridized carbons (Fsp3) is 0.727. The van der Waals surface area contributed by atoms with Crippen molar-refractivity contribution >= 4 is 5.69 Å². The molecule has 0 saturated heterocycles. The van der Waals surface area contributed by atoms with Gasteiger partial charge in [-0.15, -0.1) is 0 Å². The molecule has 1 rings (SSSR count). The first-order valence-electron chi connectivity index (χ1n) is 5.76. The SMILES string of the molecule is CC(C)N(CCCO)CCn1cc(N)cn1. The summed E-state index contributed by atoms with van der Waals surface area (Å²) in [6.45, 7) is 7.26. The van der Waals surface area contributed by atoms with Gasteiger partial charge in [-0.3, -0.25) is 9.58 Å². The van der Waals surface area contributed by atoms with E-state index in [2.05, 4.69) is 23.8 Å². The maximum absolute atomic E-state index is 8.82. The minimum atomic E-state index is 0.248. The van der Waals surface area contributed by atoms with Crippen molar-refractivity contribution in [2.45, 2.75) is 32.9 Å². The Morgan fingerprint density at radius 1 is 1.50 bits per heavy atom. The van der Waals surface area contributed by atoms with Crippen molar-refractivity contribution in [1.29, 1.82) is 0 Å². The van der Waals surface area contributed by atoms with E-state index in [0.29, 0.717) is 11.7 Å². The summed E-state index contributed by atoms with van der Waals surface area (Å²) in [5.74, 6) is 0. The summed E-state index contributed by atoms with van der Waals surface area (Å²) in [5, 5.41) is 13.0. The third kappa shape index (κ3) is 4.20. The Labute approximate surface area is 96.9 Å². The fourth-order valence-corrected chi connectivity index (χ4v) is 1.63. The van der Waals surface area contributed by atoms with Crippen molar-refractivity contribution in [3.05, 3.63) is 12.4 Å². The zero-order chi connectivity index (χ0) is 12.0. The Balaban J connectivity index is 2.37. The van der Waals surface area contributed by atoms with Crippen LogP contribution >= 0.6 is 0 Å². The normalized spacial score (nSPS) is 11.6. The average Bonchev–Trinajstić information content (AvgIpc) is 2.64. The Morgan fingerprint density at radius 2 is 2.25 bits per heavy atom. The number of rotatable bonds is 7. The first-order chi connectivity index (χ1) is 7.63. The number of aliphatic hydroxyl groups excluding tert-OH is 1. The molecule has 16 heavy (non-hydrogen) atoms. The van der Waals surface area contributed by atoms with Gasteiger partial charge in [0.15, 0.2) is 0 Å². The van der Waals surface area contributed by atoms with E-state index >= 15 is 0 Å². The van der Waals surface area contributed by atoms with Gasteiger partial charge in [-0.05, 0) is 20.3 Å². The first kappa shape index (κ1) is 13.0. The summed E-state index contributed by atoms with van der Waals surface area (Å²) in [4.78, 5) is 2.33. The van der Waals surface area contributed by atoms with E-state index in [-0.39, 0.29) is 6.61 Å². The largest absolute Gasteiger partial charge is 0.396 e. The molecule has 0 radical (unpaired) electrons. The van der Waals surface area contributed by atoms with E-state index in [1.54, 1.807) is 6.20 Å². The van der Waals surface area contributed by atoms with Crippen LogP contribution in [-0.2, 0) is 6.54 Å². The van der Waals surface area contributed by atoms with E-state index in [1.165, 1.54) is 0 Å². The first-order valence-corrected chi connectivity index (χ1v) is 5.76. The Hall–Kier alpha value is -1.07. The van der Waals surface area contributed by atoms with Gasteiger partial charge in [-0.1, -0.05) is 0 Å². The highest BCUT2D eigenvalue weighted by Gasteiger charge is 2.08. The summed E-state index contributed by atoms with van der Waals surface area (Å²) in [6, 6.07) is 0.486. The van der Waals surface area contributed by atoms with Crippen molar-refractivity contribution in [2.24, 2.45) is 0 Å². The van der Waals surface area contributed by atoms with Crippen LogP contribution in [0.3, 0.4) is 0 Å². The molecule has 1 heterocycles. The van der Waals surface area contributed by atoms with Gasteiger partial charge in [-0.25, -0.2) is 0 Å². The summed E-state index contributed by atoms with van der Waals surface area (Å²) in [7, 11) is 0. The smallest absolute Gasteiger partial charge is 0.0719 e. The molecule has 0 aliphatic rings. The highest BCUT2D eigenvalue weighted by atomic mass is 16.3. The number of nitrogen functional groups attached to an aromatic ring is 1. The van der Waals surface area contributed by atoms with E-state index in [4.69, 9.17) is 10.8 Å². The van der Waals surface area contributed by atoms with Crippen molar-refractivity contribution in [3.63, 3.8) is 0 Å². The van der Waals surface area contributed by atoms with Gasteiger partial charge in [-0.2, -0.15) is 5.10 Å². The molecule has 0 unspecified atom stereocenters. The zero-order valence-electron chi connectivity index (χ0n) is 10.1. The molecule has 0 atom stereocenters. The maximum atomic E-state index is 8.82. The fourth-order valence-electron chi connectivity index (χ4n) is 1.63. The molecule has 5 nitrogen and oxygen atoms in total. The molecule has 3 N–H and O–H groups in total. The lowest BCUT2D eigenvalue weighted by Crippen LogP contribution is -2.35. The van der Waals surface area contributed by atoms with Crippen molar-refractivity contribution < 1.29 is 5.11 Å². The lowest BCUT2D eigenvalue weighted by molar-refractivity contribution is 0.184. The molecule has 0 aliphatic heterocycles.